The summed E-state index contributed by atoms with van der Waals surface area (Å²) in [7, 11) is 1.89. The number of hydrogen-bond donors (Lipinski definition) is 1. The lowest BCUT2D eigenvalue weighted by atomic mass is 10.2. The Hall–Kier alpha value is -1.32. The Morgan fingerprint density at radius 1 is 1.64 bits per heavy atom. The first-order chi connectivity index (χ1) is 6.54. The maximum Gasteiger partial charge on any atom is 0.106 e. The predicted octanol–water partition coefficient (Wildman–Crippen LogP) is 1.63. The third kappa shape index (κ3) is 2.34. The van der Waals surface area contributed by atoms with Crippen LogP contribution in [0.15, 0.2) is 11.2 Å². The summed E-state index contributed by atoms with van der Waals surface area (Å²) < 4.78 is 1.77. The van der Waals surface area contributed by atoms with Crippen LogP contribution in [0, 0.1) is 5.92 Å². The van der Waals surface area contributed by atoms with Gasteiger partial charge in [-0.05, 0) is 6.42 Å². The average Bonchev–Trinajstić information content (AvgIpc) is 2.45. The van der Waals surface area contributed by atoms with E-state index in [1.54, 1.807) is 4.68 Å². The molecule has 0 unspecified atom stereocenters. The minimum atomic E-state index is 0.278. The summed E-state index contributed by atoms with van der Waals surface area (Å²) in [5.41, 5.74) is 7.68. The van der Waals surface area contributed by atoms with E-state index in [0.717, 1.165) is 17.8 Å². The molecule has 1 heterocycles. The zero-order valence-electron chi connectivity index (χ0n) is 9.28. The van der Waals surface area contributed by atoms with Crippen LogP contribution in [0.4, 0.5) is 5.69 Å². The van der Waals surface area contributed by atoms with E-state index >= 15 is 0 Å². The van der Waals surface area contributed by atoms with Gasteiger partial charge >= 0.3 is 0 Å². The van der Waals surface area contributed by atoms with Gasteiger partial charge in [0.05, 0.1) is 11.9 Å². The Morgan fingerprint density at radius 3 is 2.79 bits per heavy atom. The zero-order valence-corrected chi connectivity index (χ0v) is 9.28. The van der Waals surface area contributed by atoms with Gasteiger partial charge in [0.25, 0.3) is 0 Å². The standard InChI is InChI=1S/C10H18N4/c1-5-8-9(6-14(4)13-8)12-10(11)7(2)3/h6-7H,5H2,1-4H3,(H2,11,12). The van der Waals surface area contributed by atoms with Gasteiger partial charge in [0, 0.05) is 13.0 Å². The topological polar surface area (TPSA) is 56.2 Å². The molecule has 0 fully saturated rings. The van der Waals surface area contributed by atoms with Crippen LogP contribution in [-0.2, 0) is 13.5 Å². The second-order valence-corrected chi connectivity index (χ2v) is 3.68. The van der Waals surface area contributed by atoms with Crippen LogP contribution in [-0.4, -0.2) is 15.6 Å². The maximum atomic E-state index is 5.79. The van der Waals surface area contributed by atoms with Gasteiger partial charge < -0.3 is 5.73 Å². The van der Waals surface area contributed by atoms with Crippen molar-refractivity contribution in [2.45, 2.75) is 27.2 Å². The van der Waals surface area contributed by atoms with Crippen molar-refractivity contribution in [1.29, 1.82) is 0 Å². The van der Waals surface area contributed by atoms with Crippen molar-refractivity contribution in [2.75, 3.05) is 0 Å². The van der Waals surface area contributed by atoms with E-state index in [0.29, 0.717) is 5.84 Å². The second kappa shape index (κ2) is 4.26. The van der Waals surface area contributed by atoms with Gasteiger partial charge in [0.15, 0.2) is 0 Å². The molecule has 78 valence electrons. The van der Waals surface area contributed by atoms with Gasteiger partial charge in [-0.2, -0.15) is 5.10 Å². The smallest absolute Gasteiger partial charge is 0.106 e. The van der Waals surface area contributed by atoms with E-state index in [2.05, 4.69) is 17.0 Å². The molecule has 0 bridgehead atoms. The second-order valence-electron chi connectivity index (χ2n) is 3.68. The molecule has 4 nitrogen and oxygen atoms in total. The molecular formula is C10H18N4. The minimum Gasteiger partial charge on any atom is -0.387 e. The van der Waals surface area contributed by atoms with Crippen LogP contribution in [0.25, 0.3) is 0 Å². The van der Waals surface area contributed by atoms with E-state index in [4.69, 9.17) is 5.73 Å². The van der Waals surface area contributed by atoms with Crippen LogP contribution in [0.1, 0.15) is 26.5 Å². The molecule has 0 saturated heterocycles. The van der Waals surface area contributed by atoms with Crippen molar-refractivity contribution in [3.05, 3.63) is 11.9 Å². The van der Waals surface area contributed by atoms with Crippen molar-refractivity contribution in [3.63, 3.8) is 0 Å². The van der Waals surface area contributed by atoms with Crippen molar-refractivity contribution < 1.29 is 0 Å². The highest BCUT2D eigenvalue weighted by Crippen LogP contribution is 2.18. The summed E-state index contributed by atoms with van der Waals surface area (Å²) in [4.78, 5) is 4.36. The first-order valence-electron chi connectivity index (χ1n) is 4.91. The van der Waals surface area contributed by atoms with E-state index in [1.807, 2.05) is 27.1 Å². The Morgan fingerprint density at radius 2 is 2.29 bits per heavy atom. The normalized spacial score (nSPS) is 12.5. The Balaban J connectivity index is 3.00. The number of aliphatic imine (C=N–C) groups is 1. The van der Waals surface area contributed by atoms with Crippen LogP contribution in [0.2, 0.25) is 0 Å². The highest BCUT2D eigenvalue weighted by atomic mass is 15.3. The molecule has 14 heavy (non-hydrogen) atoms. The van der Waals surface area contributed by atoms with Crippen LogP contribution < -0.4 is 5.73 Å². The highest BCUT2D eigenvalue weighted by molar-refractivity contribution is 5.84. The van der Waals surface area contributed by atoms with Crippen LogP contribution in [0.3, 0.4) is 0 Å². The van der Waals surface area contributed by atoms with Gasteiger partial charge in [0.1, 0.15) is 11.5 Å². The summed E-state index contributed by atoms with van der Waals surface area (Å²) in [5.74, 6) is 0.938. The lowest BCUT2D eigenvalue weighted by Gasteiger charge is -2.02. The summed E-state index contributed by atoms with van der Waals surface area (Å²) in [5, 5.41) is 4.30. The summed E-state index contributed by atoms with van der Waals surface area (Å²) in [6.07, 6.45) is 2.78. The lowest BCUT2D eigenvalue weighted by Crippen LogP contribution is -2.18. The third-order valence-corrected chi connectivity index (χ3v) is 2.06. The number of rotatable bonds is 3. The lowest BCUT2D eigenvalue weighted by molar-refractivity contribution is 0.746. The molecule has 0 aliphatic carbocycles. The maximum absolute atomic E-state index is 5.79. The van der Waals surface area contributed by atoms with Gasteiger partial charge in [-0.1, -0.05) is 20.8 Å². The van der Waals surface area contributed by atoms with Crippen LogP contribution >= 0.6 is 0 Å². The third-order valence-electron chi connectivity index (χ3n) is 2.06. The number of nitrogens with two attached hydrogens (primary N) is 1. The molecule has 0 aromatic carbocycles. The fourth-order valence-electron chi connectivity index (χ4n) is 1.14. The van der Waals surface area contributed by atoms with Gasteiger partial charge in [0.2, 0.25) is 0 Å². The van der Waals surface area contributed by atoms with Crippen molar-refractivity contribution >= 4 is 11.5 Å². The molecule has 2 N–H and O–H groups in total. The number of nitrogens with zero attached hydrogens (tertiary/aromatic N) is 3. The van der Waals surface area contributed by atoms with Gasteiger partial charge in [-0.15, -0.1) is 0 Å². The number of hydrogen-bond acceptors (Lipinski definition) is 2. The van der Waals surface area contributed by atoms with E-state index in [-0.39, 0.29) is 5.92 Å². The Bertz CT molecular complexity index is 336. The SMILES string of the molecule is CCc1nn(C)cc1N=C(N)C(C)C. The Labute approximate surface area is 84.8 Å². The Kier molecular flexibility index (Phi) is 3.28. The van der Waals surface area contributed by atoms with Crippen molar-refractivity contribution in [1.82, 2.24) is 9.78 Å². The predicted molar refractivity (Wildman–Crippen MR) is 58.7 cm³/mol. The molecule has 4 heteroatoms. The number of aromatic nitrogens is 2. The summed E-state index contributed by atoms with van der Waals surface area (Å²) in [6, 6.07) is 0. The van der Waals surface area contributed by atoms with E-state index < -0.39 is 0 Å². The van der Waals surface area contributed by atoms with Gasteiger partial charge in [-0.25, -0.2) is 4.99 Å². The largest absolute Gasteiger partial charge is 0.387 e. The fourth-order valence-corrected chi connectivity index (χ4v) is 1.14. The molecule has 0 aliphatic rings. The summed E-state index contributed by atoms with van der Waals surface area (Å²) >= 11 is 0. The molecule has 1 aromatic rings. The van der Waals surface area contributed by atoms with Crippen LogP contribution in [0.5, 0.6) is 0 Å². The zero-order chi connectivity index (χ0) is 10.7. The van der Waals surface area contributed by atoms with Crippen molar-refractivity contribution in [3.8, 4) is 0 Å². The highest BCUT2D eigenvalue weighted by Gasteiger charge is 2.06. The molecule has 0 atom stereocenters. The molecular weight excluding hydrogens is 176 g/mol. The first-order valence-corrected chi connectivity index (χ1v) is 4.91. The average molecular weight is 194 g/mol. The van der Waals surface area contributed by atoms with E-state index in [9.17, 15) is 0 Å². The molecule has 0 radical (unpaired) electrons. The molecule has 0 saturated carbocycles. The van der Waals surface area contributed by atoms with Gasteiger partial charge in [-0.3, -0.25) is 4.68 Å². The molecule has 1 aromatic heterocycles. The molecule has 0 amide bonds. The number of amidine groups is 1. The van der Waals surface area contributed by atoms with Crippen molar-refractivity contribution in [2.24, 2.45) is 23.7 Å². The first kappa shape index (κ1) is 10.8. The fraction of sp³-hybridized carbons (Fsp3) is 0.600. The molecule has 0 spiro atoms. The molecule has 0 aliphatic heterocycles. The quantitative estimate of drug-likeness (QED) is 0.587. The minimum absolute atomic E-state index is 0.278. The monoisotopic (exact) mass is 194 g/mol. The van der Waals surface area contributed by atoms with E-state index in [1.165, 1.54) is 0 Å². The molecule has 1 rings (SSSR count). The number of aryl methyl sites for hydroxylation is 2. The summed E-state index contributed by atoms with van der Waals surface area (Å²) in [6.45, 7) is 6.12.